The fraction of sp³-hybridized carbons (Fsp3) is 0.417. The SMILES string of the molecule is Cc1ccc2c(c1)CC(CC(=O)O)CS2. The van der Waals surface area contributed by atoms with Crippen LogP contribution in [0.2, 0.25) is 0 Å². The van der Waals surface area contributed by atoms with Crippen LogP contribution < -0.4 is 0 Å². The Balaban J connectivity index is 2.14. The smallest absolute Gasteiger partial charge is 0.303 e. The second kappa shape index (κ2) is 4.27. The third kappa shape index (κ3) is 2.53. The number of hydrogen-bond donors (Lipinski definition) is 1. The van der Waals surface area contributed by atoms with Gasteiger partial charge in [-0.1, -0.05) is 17.7 Å². The van der Waals surface area contributed by atoms with Crippen LogP contribution in [0.25, 0.3) is 0 Å². The number of carboxylic acids is 1. The Hall–Kier alpha value is -0.960. The lowest BCUT2D eigenvalue weighted by molar-refractivity contribution is -0.137. The number of carboxylic acid groups (broad SMARTS) is 1. The predicted octanol–water partition coefficient (Wildman–Crippen LogP) is 2.73. The summed E-state index contributed by atoms with van der Waals surface area (Å²) in [5.41, 5.74) is 2.57. The van der Waals surface area contributed by atoms with Gasteiger partial charge in [0.2, 0.25) is 0 Å². The van der Waals surface area contributed by atoms with Crippen LogP contribution >= 0.6 is 11.8 Å². The molecular formula is C12H14O2S. The van der Waals surface area contributed by atoms with Crippen molar-refractivity contribution in [2.45, 2.75) is 24.7 Å². The van der Waals surface area contributed by atoms with E-state index in [0.717, 1.165) is 12.2 Å². The molecule has 15 heavy (non-hydrogen) atoms. The molecule has 3 heteroatoms. The molecular weight excluding hydrogens is 208 g/mol. The minimum absolute atomic E-state index is 0.292. The van der Waals surface area contributed by atoms with Gasteiger partial charge < -0.3 is 5.11 Å². The molecule has 0 saturated heterocycles. The van der Waals surface area contributed by atoms with E-state index in [-0.39, 0.29) is 0 Å². The van der Waals surface area contributed by atoms with Crippen LogP contribution in [0.4, 0.5) is 0 Å². The van der Waals surface area contributed by atoms with Crippen LogP contribution in [0.5, 0.6) is 0 Å². The van der Waals surface area contributed by atoms with Crippen LogP contribution in [-0.2, 0) is 11.2 Å². The number of carbonyl (C=O) groups is 1. The van der Waals surface area contributed by atoms with E-state index in [2.05, 4.69) is 25.1 Å². The molecule has 1 unspecified atom stereocenters. The molecule has 0 radical (unpaired) electrons. The Morgan fingerprint density at radius 1 is 1.60 bits per heavy atom. The zero-order valence-corrected chi connectivity index (χ0v) is 9.51. The Bertz CT molecular complexity index is 387. The summed E-state index contributed by atoms with van der Waals surface area (Å²) in [5, 5.41) is 8.76. The second-order valence-electron chi connectivity index (χ2n) is 4.09. The van der Waals surface area contributed by atoms with Gasteiger partial charge in [0, 0.05) is 17.1 Å². The summed E-state index contributed by atoms with van der Waals surface area (Å²) >= 11 is 1.78. The number of thioether (sulfide) groups is 1. The minimum atomic E-state index is -0.684. The van der Waals surface area contributed by atoms with Crippen LogP contribution in [0.3, 0.4) is 0 Å². The van der Waals surface area contributed by atoms with Crippen LogP contribution in [0.15, 0.2) is 23.1 Å². The highest BCUT2D eigenvalue weighted by atomic mass is 32.2. The maximum Gasteiger partial charge on any atom is 0.303 e. The van der Waals surface area contributed by atoms with Crippen LogP contribution in [-0.4, -0.2) is 16.8 Å². The molecule has 1 atom stereocenters. The largest absolute Gasteiger partial charge is 0.481 e. The third-order valence-corrected chi connectivity index (χ3v) is 4.01. The van der Waals surface area contributed by atoms with Crippen molar-refractivity contribution in [3.63, 3.8) is 0 Å². The molecule has 1 aliphatic heterocycles. The molecule has 0 fully saturated rings. The van der Waals surface area contributed by atoms with E-state index in [0.29, 0.717) is 12.3 Å². The molecule has 0 saturated carbocycles. The molecule has 0 amide bonds. The van der Waals surface area contributed by atoms with Crippen molar-refractivity contribution in [2.24, 2.45) is 5.92 Å². The molecule has 0 aliphatic carbocycles. The van der Waals surface area contributed by atoms with Gasteiger partial charge in [0.25, 0.3) is 0 Å². The van der Waals surface area contributed by atoms with Gasteiger partial charge in [0.15, 0.2) is 0 Å². The Labute approximate surface area is 93.7 Å². The maximum atomic E-state index is 10.6. The van der Waals surface area contributed by atoms with Gasteiger partial charge in [0.1, 0.15) is 0 Å². The fourth-order valence-corrected chi connectivity index (χ4v) is 3.11. The molecule has 1 aliphatic rings. The summed E-state index contributed by atoms with van der Waals surface area (Å²) in [6.07, 6.45) is 1.21. The lowest BCUT2D eigenvalue weighted by Crippen LogP contribution is -2.17. The van der Waals surface area contributed by atoms with E-state index in [9.17, 15) is 4.79 Å². The Morgan fingerprint density at radius 2 is 2.40 bits per heavy atom. The number of hydrogen-bond acceptors (Lipinski definition) is 2. The summed E-state index contributed by atoms with van der Waals surface area (Å²) < 4.78 is 0. The first kappa shape index (κ1) is 10.6. The predicted molar refractivity (Wildman–Crippen MR) is 61.3 cm³/mol. The van der Waals surface area contributed by atoms with E-state index in [1.807, 2.05) is 0 Å². The summed E-state index contributed by atoms with van der Waals surface area (Å²) in [6, 6.07) is 6.44. The van der Waals surface area contributed by atoms with Crippen molar-refractivity contribution >= 4 is 17.7 Å². The van der Waals surface area contributed by atoms with Crippen molar-refractivity contribution in [1.82, 2.24) is 0 Å². The first-order valence-corrected chi connectivity index (χ1v) is 6.08. The second-order valence-corrected chi connectivity index (χ2v) is 5.15. The first-order chi connectivity index (χ1) is 7.15. The monoisotopic (exact) mass is 222 g/mol. The highest BCUT2D eigenvalue weighted by Gasteiger charge is 2.21. The highest BCUT2D eigenvalue weighted by Crippen LogP contribution is 2.34. The van der Waals surface area contributed by atoms with Gasteiger partial charge in [-0.25, -0.2) is 0 Å². The molecule has 1 heterocycles. The van der Waals surface area contributed by atoms with Gasteiger partial charge in [0.05, 0.1) is 0 Å². The Morgan fingerprint density at radius 3 is 3.13 bits per heavy atom. The average molecular weight is 222 g/mol. The number of benzene rings is 1. The average Bonchev–Trinajstić information content (AvgIpc) is 2.16. The van der Waals surface area contributed by atoms with Gasteiger partial charge in [-0.15, -0.1) is 11.8 Å². The summed E-state index contributed by atoms with van der Waals surface area (Å²) in [4.78, 5) is 12.0. The van der Waals surface area contributed by atoms with Gasteiger partial charge in [-0.05, 0) is 30.9 Å². The topological polar surface area (TPSA) is 37.3 Å². The van der Waals surface area contributed by atoms with E-state index in [1.165, 1.54) is 16.0 Å². The Kier molecular flexibility index (Phi) is 3.00. The molecule has 80 valence electrons. The molecule has 1 aromatic rings. The molecule has 2 nitrogen and oxygen atoms in total. The van der Waals surface area contributed by atoms with Crippen molar-refractivity contribution < 1.29 is 9.90 Å². The van der Waals surface area contributed by atoms with Crippen LogP contribution in [0, 0.1) is 12.8 Å². The normalized spacial score (nSPS) is 19.7. The molecule has 0 aromatic heterocycles. The molecule has 1 N–H and O–H groups in total. The molecule has 1 aromatic carbocycles. The van der Waals surface area contributed by atoms with Crippen molar-refractivity contribution in [2.75, 3.05) is 5.75 Å². The maximum absolute atomic E-state index is 10.6. The van der Waals surface area contributed by atoms with E-state index in [1.54, 1.807) is 11.8 Å². The number of fused-ring (bicyclic) bond motifs is 1. The highest BCUT2D eigenvalue weighted by molar-refractivity contribution is 7.99. The lowest BCUT2D eigenvalue weighted by atomic mass is 9.96. The lowest BCUT2D eigenvalue weighted by Gasteiger charge is -2.23. The van der Waals surface area contributed by atoms with E-state index in [4.69, 9.17) is 5.11 Å². The van der Waals surface area contributed by atoms with Gasteiger partial charge >= 0.3 is 5.97 Å². The first-order valence-electron chi connectivity index (χ1n) is 5.09. The summed E-state index contributed by atoms with van der Waals surface area (Å²) in [5.74, 6) is 0.543. The van der Waals surface area contributed by atoms with E-state index >= 15 is 0 Å². The summed E-state index contributed by atoms with van der Waals surface area (Å²) in [6.45, 7) is 2.08. The number of aryl methyl sites for hydroxylation is 1. The zero-order chi connectivity index (χ0) is 10.8. The standard InChI is InChI=1S/C12H14O2S/c1-8-2-3-11-10(4-8)5-9(7-15-11)6-12(13)14/h2-4,9H,5-7H2,1H3,(H,13,14). The third-order valence-electron chi connectivity index (χ3n) is 2.66. The van der Waals surface area contributed by atoms with Crippen molar-refractivity contribution in [3.8, 4) is 0 Å². The van der Waals surface area contributed by atoms with Crippen molar-refractivity contribution in [1.29, 1.82) is 0 Å². The number of rotatable bonds is 2. The molecule has 0 bridgehead atoms. The molecule has 2 rings (SSSR count). The summed E-state index contributed by atoms with van der Waals surface area (Å²) in [7, 11) is 0. The number of aliphatic carboxylic acids is 1. The van der Waals surface area contributed by atoms with Crippen LogP contribution in [0.1, 0.15) is 17.5 Å². The zero-order valence-electron chi connectivity index (χ0n) is 8.69. The van der Waals surface area contributed by atoms with Gasteiger partial charge in [-0.3, -0.25) is 4.79 Å². The van der Waals surface area contributed by atoms with Gasteiger partial charge in [-0.2, -0.15) is 0 Å². The van der Waals surface area contributed by atoms with E-state index < -0.39 is 5.97 Å². The molecule has 0 spiro atoms. The fourth-order valence-electron chi connectivity index (χ4n) is 1.96. The van der Waals surface area contributed by atoms with Crippen molar-refractivity contribution in [3.05, 3.63) is 29.3 Å². The quantitative estimate of drug-likeness (QED) is 0.836. The minimum Gasteiger partial charge on any atom is -0.481 e.